The van der Waals surface area contributed by atoms with Crippen molar-refractivity contribution in [2.45, 2.75) is 25.7 Å². The molecule has 2 amide bonds. The number of nitrogens with zero attached hydrogens (tertiary/aromatic N) is 2. The molecule has 0 aliphatic heterocycles. The van der Waals surface area contributed by atoms with Crippen LogP contribution in [0.25, 0.3) is 0 Å². The SMILES string of the molecule is C[C@@H](C(=O)N(C)CC(=O)Nc1ccccc1C(F)(F)F)N(C)Cc1ccccc1. The van der Waals surface area contributed by atoms with E-state index in [0.717, 1.165) is 11.6 Å². The van der Waals surface area contributed by atoms with Crippen molar-refractivity contribution < 1.29 is 22.8 Å². The van der Waals surface area contributed by atoms with Crippen LogP contribution in [-0.4, -0.2) is 48.3 Å². The van der Waals surface area contributed by atoms with Gasteiger partial charge in [0, 0.05) is 13.6 Å². The second-order valence-corrected chi connectivity index (χ2v) is 6.86. The molecular formula is C21H24F3N3O2. The number of nitrogens with one attached hydrogen (secondary N) is 1. The first-order chi connectivity index (χ1) is 13.6. The van der Waals surface area contributed by atoms with Gasteiger partial charge in [0.2, 0.25) is 11.8 Å². The van der Waals surface area contributed by atoms with Crippen molar-refractivity contribution >= 4 is 17.5 Å². The maximum Gasteiger partial charge on any atom is 0.418 e. The van der Waals surface area contributed by atoms with Gasteiger partial charge in [-0.05, 0) is 31.7 Å². The quantitative estimate of drug-likeness (QED) is 0.763. The molecule has 0 heterocycles. The lowest BCUT2D eigenvalue weighted by Gasteiger charge is -2.28. The van der Waals surface area contributed by atoms with E-state index in [9.17, 15) is 22.8 Å². The summed E-state index contributed by atoms with van der Waals surface area (Å²) >= 11 is 0. The van der Waals surface area contributed by atoms with Crippen LogP contribution >= 0.6 is 0 Å². The van der Waals surface area contributed by atoms with E-state index in [1.165, 1.54) is 30.1 Å². The summed E-state index contributed by atoms with van der Waals surface area (Å²) < 4.78 is 39.1. The molecule has 0 bridgehead atoms. The molecule has 0 aromatic heterocycles. The van der Waals surface area contributed by atoms with Gasteiger partial charge in [0.05, 0.1) is 23.8 Å². The van der Waals surface area contributed by atoms with E-state index in [4.69, 9.17) is 0 Å². The Kier molecular flexibility index (Phi) is 7.39. The van der Waals surface area contributed by atoms with Crippen molar-refractivity contribution in [2.75, 3.05) is 26.0 Å². The lowest BCUT2D eigenvalue weighted by Crippen LogP contribution is -2.46. The molecule has 0 spiro atoms. The lowest BCUT2D eigenvalue weighted by molar-refractivity contribution is -0.138. The van der Waals surface area contributed by atoms with Gasteiger partial charge in [-0.25, -0.2) is 0 Å². The topological polar surface area (TPSA) is 52.7 Å². The van der Waals surface area contributed by atoms with Crippen LogP contribution in [0.1, 0.15) is 18.1 Å². The van der Waals surface area contributed by atoms with Crippen LogP contribution in [0.3, 0.4) is 0 Å². The van der Waals surface area contributed by atoms with E-state index in [1.807, 2.05) is 35.2 Å². The molecule has 1 atom stereocenters. The van der Waals surface area contributed by atoms with Crippen LogP contribution in [0.2, 0.25) is 0 Å². The summed E-state index contributed by atoms with van der Waals surface area (Å²) in [5, 5.41) is 2.24. The molecule has 2 aromatic rings. The number of carbonyl (C=O) groups is 2. The minimum Gasteiger partial charge on any atom is -0.335 e. The smallest absolute Gasteiger partial charge is 0.335 e. The number of rotatable bonds is 7. The van der Waals surface area contributed by atoms with Crippen molar-refractivity contribution in [3.05, 3.63) is 65.7 Å². The first kappa shape index (κ1) is 22.4. The minimum atomic E-state index is -4.58. The van der Waals surface area contributed by atoms with Crippen LogP contribution in [0.4, 0.5) is 18.9 Å². The minimum absolute atomic E-state index is 0.303. The van der Waals surface area contributed by atoms with Gasteiger partial charge in [-0.3, -0.25) is 14.5 Å². The summed E-state index contributed by atoms with van der Waals surface area (Å²) in [6.45, 7) is 1.92. The lowest BCUT2D eigenvalue weighted by atomic mass is 10.1. The molecule has 0 radical (unpaired) electrons. The molecule has 156 valence electrons. The molecule has 2 aromatic carbocycles. The third-order valence-corrected chi connectivity index (χ3v) is 4.56. The Morgan fingerprint density at radius 3 is 2.21 bits per heavy atom. The summed E-state index contributed by atoms with van der Waals surface area (Å²) in [7, 11) is 3.24. The van der Waals surface area contributed by atoms with Crippen molar-refractivity contribution in [3.8, 4) is 0 Å². The molecule has 0 unspecified atom stereocenters. The van der Waals surface area contributed by atoms with Crippen LogP contribution in [0.5, 0.6) is 0 Å². The number of hydrogen-bond donors (Lipinski definition) is 1. The van der Waals surface area contributed by atoms with Crippen molar-refractivity contribution in [3.63, 3.8) is 0 Å². The predicted molar refractivity (Wildman–Crippen MR) is 105 cm³/mol. The second-order valence-electron chi connectivity index (χ2n) is 6.86. The maximum atomic E-state index is 13.0. The highest BCUT2D eigenvalue weighted by molar-refractivity contribution is 5.95. The number of benzene rings is 2. The van der Waals surface area contributed by atoms with E-state index >= 15 is 0 Å². The summed E-state index contributed by atoms with van der Waals surface area (Å²) in [6, 6.07) is 13.8. The predicted octanol–water partition coefficient (Wildman–Crippen LogP) is 3.62. The third-order valence-electron chi connectivity index (χ3n) is 4.56. The number of amides is 2. The third kappa shape index (κ3) is 6.32. The van der Waals surface area contributed by atoms with Gasteiger partial charge >= 0.3 is 6.18 Å². The molecule has 0 saturated heterocycles. The molecular weight excluding hydrogens is 383 g/mol. The largest absolute Gasteiger partial charge is 0.418 e. The fourth-order valence-electron chi connectivity index (χ4n) is 2.84. The van der Waals surface area contributed by atoms with Gasteiger partial charge in [0.25, 0.3) is 0 Å². The second kappa shape index (κ2) is 9.56. The molecule has 0 aliphatic carbocycles. The van der Waals surface area contributed by atoms with Gasteiger partial charge < -0.3 is 10.2 Å². The Morgan fingerprint density at radius 1 is 1.00 bits per heavy atom. The number of halogens is 3. The van der Waals surface area contributed by atoms with E-state index in [2.05, 4.69) is 5.32 Å². The number of alkyl halides is 3. The summed E-state index contributed by atoms with van der Waals surface area (Å²) in [5.74, 6) is -1.00. The zero-order chi connectivity index (χ0) is 21.6. The first-order valence-corrected chi connectivity index (χ1v) is 9.05. The highest BCUT2D eigenvalue weighted by Crippen LogP contribution is 2.34. The molecule has 29 heavy (non-hydrogen) atoms. The van der Waals surface area contributed by atoms with E-state index in [0.29, 0.717) is 6.54 Å². The number of para-hydroxylation sites is 1. The van der Waals surface area contributed by atoms with Crippen LogP contribution in [0.15, 0.2) is 54.6 Å². The number of likely N-dealkylation sites (N-methyl/N-ethyl adjacent to an activating group) is 2. The Balaban J connectivity index is 1.96. The Hall–Kier alpha value is -2.87. The van der Waals surface area contributed by atoms with Crippen LogP contribution < -0.4 is 5.32 Å². The van der Waals surface area contributed by atoms with E-state index in [-0.39, 0.29) is 18.1 Å². The van der Waals surface area contributed by atoms with E-state index in [1.54, 1.807) is 14.0 Å². The Labute approximate surface area is 168 Å². The standard InChI is InChI=1S/C21H24F3N3O2/c1-15(26(2)13-16-9-5-4-6-10-16)20(29)27(3)14-19(28)25-18-12-8-7-11-17(18)21(22,23)24/h4-12,15H,13-14H2,1-3H3,(H,25,28)/t15-/m0/s1. The zero-order valence-electron chi connectivity index (χ0n) is 16.5. The van der Waals surface area contributed by atoms with Crippen LogP contribution in [-0.2, 0) is 22.3 Å². The average Bonchev–Trinajstić information content (AvgIpc) is 2.67. The molecule has 1 N–H and O–H groups in total. The fourth-order valence-corrected chi connectivity index (χ4v) is 2.84. The molecule has 8 heteroatoms. The highest BCUT2D eigenvalue weighted by atomic mass is 19.4. The summed E-state index contributed by atoms with van der Waals surface area (Å²) in [6.07, 6.45) is -4.58. The highest BCUT2D eigenvalue weighted by Gasteiger charge is 2.33. The van der Waals surface area contributed by atoms with E-state index < -0.39 is 23.7 Å². The van der Waals surface area contributed by atoms with Crippen molar-refractivity contribution in [1.82, 2.24) is 9.80 Å². The zero-order valence-corrected chi connectivity index (χ0v) is 16.5. The molecule has 5 nitrogen and oxygen atoms in total. The number of hydrogen-bond acceptors (Lipinski definition) is 3. The van der Waals surface area contributed by atoms with Gasteiger partial charge in [-0.2, -0.15) is 13.2 Å². The molecule has 2 rings (SSSR count). The Morgan fingerprint density at radius 2 is 1.59 bits per heavy atom. The first-order valence-electron chi connectivity index (χ1n) is 9.05. The Bertz CT molecular complexity index is 841. The van der Waals surface area contributed by atoms with Crippen LogP contribution in [0, 0.1) is 0 Å². The van der Waals surface area contributed by atoms with Gasteiger partial charge in [-0.15, -0.1) is 0 Å². The molecule has 0 saturated carbocycles. The van der Waals surface area contributed by atoms with Gasteiger partial charge in [0.15, 0.2) is 0 Å². The number of carbonyl (C=O) groups excluding carboxylic acids is 2. The normalized spacial score (nSPS) is 12.5. The average molecular weight is 407 g/mol. The molecule has 0 aliphatic rings. The summed E-state index contributed by atoms with van der Waals surface area (Å²) in [4.78, 5) is 27.9. The summed E-state index contributed by atoms with van der Waals surface area (Å²) in [5.41, 5.74) is -0.225. The maximum absolute atomic E-state index is 13.0. The van der Waals surface area contributed by atoms with Gasteiger partial charge in [-0.1, -0.05) is 42.5 Å². The number of anilines is 1. The fraction of sp³-hybridized carbons (Fsp3) is 0.333. The van der Waals surface area contributed by atoms with Crippen molar-refractivity contribution in [1.29, 1.82) is 0 Å². The van der Waals surface area contributed by atoms with Crippen molar-refractivity contribution in [2.24, 2.45) is 0 Å². The van der Waals surface area contributed by atoms with Gasteiger partial charge in [0.1, 0.15) is 0 Å². The molecule has 0 fully saturated rings. The monoisotopic (exact) mass is 407 g/mol.